The molecule has 21 heavy (non-hydrogen) atoms. The Morgan fingerprint density at radius 3 is 2.62 bits per heavy atom. The van der Waals surface area contributed by atoms with E-state index in [1.54, 1.807) is 18.5 Å². The molecule has 0 aliphatic rings. The van der Waals surface area contributed by atoms with E-state index in [2.05, 4.69) is 20.0 Å². The Morgan fingerprint density at radius 1 is 1.24 bits per heavy atom. The zero-order chi connectivity index (χ0) is 15.5. The third-order valence-electron chi connectivity index (χ3n) is 2.90. The van der Waals surface area contributed by atoms with Crippen LogP contribution in [0.1, 0.15) is 11.4 Å². The van der Waals surface area contributed by atoms with Crippen LogP contribution < -0.4 is 15.8 Å². The molecule has 0 spiro atoms. The van der Waals surface area contributed by atoms with Crippen LogP contribution in [0, 0.1) is 6.92 Å². The maximum absolute atomic E-state index is 11.8. The van der Waals surface area contributed by atoms with Gasteiger partial charge in [-0.25, -0.2) is 13.1 Å². The molecule has 4 N–H and O–H groups in total. The molecule has 0 unspecified atom stereocenters. The molecule has 1 aromatic heterocycles. The highest BCUT2D eigenvalue weighted by molar-refractivity contribution is 7.89. The van der Waals surface area contributed by atoms with Gasteiger partial charge in [-0.2, -0.15) is 0 Å². The van der Waals surface area contributed by atoms with Gasteiger partial charge < -0.3 is 11.1 Å². The second-order valence-corrected chi connectivity index (χ2v) is 6.35. The van der Waals surface area contributed by atoms with Gasteiger partial charge in [0.05, 0.1) is 40.4 Å². The van der Waals surface area contributed by atoms with Crippen molar-refractivity contribution in [2.45, 2.75) is 18.4 Å². The van der Waals surface area contributed by atoms with Crippen LogP contribution in [0.25, 0.3) is 0 Å². The maximum Gasteiger partial charge on any atom is 0.240 e. The Bertz CT molecular complexity index is 729. The fraction of sp³-hybridized carbons (Fsp3) is 0.231. The van der Waals surface area contributed by atoms with Gasteiger partial charge in [0, 0.05) is 6.20 Å². The number of hydrogen-bond acceptors (Lipinski definition) is 6. The molecular weight excluding hydrogens is 290 g/mol. The summed E-state index contributed by atoms with van der Waals surface area (Å²) in [6, 6.07) is 4.49. The molecule has 0 radical (unpaired) electrons. The Hall–Kier alpha value is -2.19. The lowest BCUT2D eigenvalue weighted by atomic mass is 10.2. The van der Waals surface area contributed by atoms with Crippen LogP contribution in [0.2, 0.25) is 0 Å². The summed E-state index contributed by atoms with van der Waals surface area (Å²) < 4.78 is 25.8. The number of aromatic nitrogens is 2. The van der Waals surface area contributed by atoms with E-state index in [1.165, 1.54) is 19.2 Å². The van der Waals surface area contributed by atoms with E-state index < -0.39 is 10.0 Å². The standard InChI is InChI=1S/C13H17N5O2S/c1-9-6-17-10(7-16-9)8-18-13-5-11(3-4-12(13)14)21(19,20)15-2/h3-7,15,18H,8,14H2,1-2H3. The van der Waals surface area contributed by atoms with Gasteiger partial charge in [-0.3, -0.25) is 9.97 Å². The van der Waals surface area contributed by atoms with Crippen molar-refractivity contribution in [2.24, 2.45) is 0 Å². The van der Waals surface area contributed by atoms with E-state index in [-0.39, 0.29) is 4.90 Å². The number of anilines is 2. The SMILES string of the molecule is CNS(=O)(=O)c1ccc(N)c(NCc2cnc(C)cn2)c1. The minimum Gasteiger partial charge on any atom is -0.397 e. The first-order chi connectivity index (χ1) is 9.92. The average Bonchev–Trinajstić information content (AvgIpc) is 2.48. The molecule has 8 heteroatoms. The summed E-state index contributed by atoms with van der Waals surface area (Å²) in [5, 5.41) is 3.07. The molecule has 0 amide bonds. The minimum atomic E-state index is -3.50. The van der Waals surface area contributed by atoms with E-state index in [0.717, 1.165) is 11.4 Å². The lowest BCUT2D eigenvalue weighted by Gasteiger charge is -2.11. The van der Waals surface area contributed by atoms with Crippen molar-refractivity contribution in [3.63, 3.8) is 0 Å². The van der Waals surface area contributed by atoms with Gasteiger partial charge in [-0.05, 0) is 32.2 Å². The smallest absolute Gasteiger partial charge is 0.240 e. The summed E-state index contributed by atoms with van der Waals surface area (Å²) in [4.78, 5) is 8.51. The summed E-state index contributed by atoms with van der Waals surface area (Å²) >= 11 is 0. The molecule has 112 valence electrons. The van der Waals surface area contributed by atoms with E-state index in [1.807, 2.05) is 6.92 Å². The normalized spacial score (nSPS) is 11.3. The summed E-state index contributed by atoms with van der Waals surface area (Å²) in [6.45, 7) is 2.26. The van der Waals surface area contributed by atoms with Crippen molar-refractivity contribution < 1.29 is 8.42 Å². The van der Waals surface area contributed by atoms with Crippen LogP contribution in [-0.2, 0) is 16.6 Å². The molecule has 1 aromatic carbocycles. The first-order valence-corrected chi connectivity index (χ1v) is 7.75. The van der Waals surface area contributed by atoms with Gasteiger partial charge in [0.25, 0.3) is 0 Å². The Balaban J connectivity index is 2.20. The highest BCUT2D eigenvalue weighted by Crippen LogP contribution is 2.23. The number of sulfonamides is 1. The molecule has 0 saturated heterocycles. The largest absolute Gasteiger partial charge is 0.397 e. The van der Waals surface area contributed by atoms with Crippen LogP contribution in [0.3, 0.4) is 0 Å². The topological polar surface area (TPSA) is 110 Å². The molecule has 0 atom stereocenters. The molecule has 7 nitrogen and oxygen atoms in total. The maximum atomic E-state index is 11.8. The van der Waals surface area contributed by atoms with Crippen molar-refractivity contribution in [1.29, 1.82) is 0 Å². The number of benzene rings is 1. The van der Waals surface area contributed by atoms with Crippen LogP contribution in [0.4, 0.5) is 11.4 Å². The molecule has 2 rings (SSSR count). The second-order valence-electron chi connectivity index (χ2n) is 4.46. The van der Waals surface area contributed by atoms with Gasteiger partial charge in [-0.1, -0.05) is 0 Å². The number of nitrogens with two attached hydrogens (primary N) is 1. The Morgan fingerprint density at radius 2 is 2.00 bits per heavy atom. The van der Waals surface area contributed by atoms with Gasteiger partial charge in [0.1, 0.15) is 0 Å². The fourth-order valence-electron chi connectivity index (χ4n) is 1.67. The predicted octanol–water partition coefficient (Wildman–Crippen LogP) is 0.887. The first kappa shape index (κ1) is 15.2. The number of nitrogen functional groups attached to an aromatic ring is 1. The summed E-state index contributed by atoms with van der Waals surface area (Å²) in [7, 11) is -2.14. The van der Waals surface area contributed by atoms with Crippen LogP contribution in [0.5, 0.6) is 0 Å². The van der Waals surface area contributed by atoms with Crippen molar-refractivity contribution >= 4 is 21.4 Å². The molecule has 0 aliphatic carbocycles. The fourth-order valence-corrected chi connectivity index (χ4v) is 2.43. The lowest BCUT2D eigenvalue weighted by Crippen LogP contribution is -2.19. The van der Waals surface area contributed by atoms with Gasteiger partial charge in [0.15, 0.2) is 0 Å². The predicted molar refractivity (Wildman–Crippen MR) is 81.2 cm³/mol. The van der Waals surface area contributed by atoms with Gasteiger partial charge in [0.2, 0.25) is 10.0 Å². The number of nitrogens with zero attached hydrogens (tertiary/aromatic N) is 2. The van der Waals surface area contributed by atoms with Crippen LogP contribution in [-0.4, -0.2) is 25.4 Å². The first-order valence-electron chi connectivity index (χ1n) is 6.27. The average molecular weight is 307 g/mol. The minimum absolute atomic E-state index is 0.150. The number of hydrogen-bond donors (Lipinski definition) is 3. The molecule has 0 bridgehead atoms. The molecular formula is C13H17N5O2S. The molecule has 2 aromatic rings. The summed E-state index contributed by atoms with van der Waals surface area (Å²) in [5.41, 5.74) is 8.42. The number of nitrogens with one attached hydrogen (secondary N) is 2. The quantitative estimate of drug-likeness (QED) is 0.708. The zero-order valence-electron chi connectivity index (χ0n) is 11.8. The molecule has 1 heterocycles. The monoisotopic (exact) mass is 307 g/mol. The van der Waals surface area contributed by atoms with E-state index >= 15 is 0 Å². The van der Waals surface area contributed by atoms with E-state index in [4.69, 9.17) is 5.73 Å². The third-order valence-corrected chi connectivity index (χ3v) is 4.31. The Labute approximate surface area is 123 Å². The van der Waals surface area contributed by atoms with Gasteiger partial charge in [-0.15, -0.1) is 0 Å². The molecule has 0 saturated carbocycles. The molecule has 0 aliphatic heterocycles. The number of rotatable bonds is 5. The van der Waals surface area contributed by atoms with Crippen molar-refractivity contribution in [3.8, 4) is 0 Å². The highest BCUT2D eigenvalue weighted by atomic mass is 32.2. The van der Waals surface area contributed by atoms with Crippen LogP contribution >= 0.6 is 0 Å². The Kier molecular flexibility index (Phi) is 4.39. The van der Waals surface area contributed by atoms with Crippen molar-refractivity contribution in [2.75, 3.05) is 18.1 Å². The van der Waals surface area contributed by atoms with E-state index in [0.29, 0.717) is 17.9 Å². The highest BCUT2D eigenvalue weighted by Gasteiger charge is 2.13. The molecule has 0 fully saturated rings. The summed E-state index contributed by atoms with van der Waals surface area (Å²) in [5.74, 6) is 0. The zero-order valence-corrected chi connectivity index (χ0v) is 12.6. The van der Waals surface area contributed by atoms with Gasteiger partial charge >= 0.3 is 0 Å². The second kappa shape index (κ2) is 6.06. The number of aryl methyl sites for hydroxylation is 1. The van der Waals surface area contributed by atoms with Crippen LogP contribution in [0.15, 0.2) is 35.5 Å². The third kappa shape index (κ3) is 3.67. The van der Waals surface area contributed by atoms with E-state index in [9.17, 15) is 8.42 Å². The van der Waals surface area contributed by atoms with Crippen molar-refractivity contribution in [3.05, 3.63) is 42.0 Å². The van der Waals surface area contributed by atoms with Crippen molar-refractivity contribution in [1.82, 2.24) is 14.7 Å². The summed E-state index contributed by atoms with van der Waals surface area (Å²) in [6.07, 6.45) is 3.33. The lowest BCUT2D eigenvalue weighted by molar-refractivity contribution is 0.588.